The molecule has 0 saturated heterocycles. The second-order valence-electron chi connectivity index (χ2n) is 5.13. The first kappa shape index (κ1) is 10.6. The second kappa shape index (κ2) is 3.45. The monoisotopic (exact) mass is 327 g/mol. The van der Waals surface area contributed by atoms with Crippen LogP contribution in [-0.4, -0.2) is 11.4 Å². The van der Waals surface area contributed by atoms with Crippen molar-refractivity contribution in [3.63, 3.8) is 0 Å². The van der Waals surface area contributed by atoms with Crippen LogP contribution in [0.3, 0.4) is 0 Å². The first-order valence-electron chi connectivity index (χ1n) is 5.67. The van der Waals surface area contributed by atoms with E-state index >= 15 is 0 Å². The molecule has 1 amide bonds. The molecular weight excluding hydrogens is 313 g/mol. The lowest BCUT2D eigenvalue weighted by Crippen LogP contribution is -2.68. The predicted octanol–water partition coefficient (Wildman–Crippen LogP) is 2.88. The van der Waals surface area contributed by atoms with Gasteiger partial charge in [0.1, 0.15) is 0 Å². The highest BCUT2D eigenvalue weighted by Crippen LogP contribution is 2.57. The highest BCUT2D eigenvalue weighted by Gasteiger charge is 2.57. The number of carbonyl (C=O) groups excluding carboxylic acids is 1. The first-order chi connectivity index (χ1) is 7.60. The van der Waals surface area contributed by atoms with Gasteiger partial charge in [-0.2, -0.15) is 0 Å². The summed E-state index contributed by atoms with van der Waals surface area (Å²) >= 11 is 2.27. The van der Waals surface area contributed by atoms with Gasteiger partial charge in [0.15, 0.2) is 0 Å². The zero-order valence-corrected chi connectivity index (χ0v) is 11.4. The van der Waals surface area contributed by atoms with Crippen LogP contribution in [0.5, 0.6) is 0 Å². The average molecular weight is 327 g/mol. The van der Waals surface area contributed by atoms with Crippen molar-refractivity contribution < 1.29 is 4.79 Å². The van der Waals surface area contributed by atoms with Gasteiger partial charge in [-0.1, -0.05) is 6.07 Å². The minimum Gasteiger partial charge on any atom is -0.347 e. The predicted molar refractivity (Wildman–Crippen MR) is 71.4 cm³/mol. The van der Waals surface area contributed by atoms with E-state index in [0.717, 1.165) is 20.6 Å². The van der Waals surface area contributed by atoms with Gasteiger partial charge >= 0.3 is 0 Å². The smallest absolute Gasteiger partial charge is 0.252 e. The summed E-state index contributed by atoms with van der Waals surface area (Å²) in [6.45, 7) is 2.01. The van der Waals surface area contributed by atoms with Gasteiger partial charge in [0.2, 0.25) is 0 Å². The molecule has 3 fully saturated rings. The maximum Gasteiger partial charge on any atom is 0.252 e. The zero-order chi connectivity index (χ0) is 11.3. The first-order valence-corrected chi connectivity index (χ1v) is 6.75. The van der Waals surface area contributed by atoms with E-state index in [1.54, 1.807) is 0 Å². The van der Waals surface area contributed by atoms with Gasteiger partial charge in [-0.05, 0) is 72.4 Å². The molecule has 2 bridgehead atoms. The summed E-state index contributed by atoms with van der Waals surface area (Å²) in [5.74, 6) is 1.01. The fourth-order valence-electron chi connectivity index (χ4n) is 2.79. The molecule has 84 valence electrons. The summed E-state index contributed by atoms with van der Waals surface area (Å²) in [7, 11) is 0. The van der Waals surface area contributed by atoms with Gasteiger partial charge in [-0.3, -0.25) is 4.79 Å². The Hall–Kier alpha value is -0.580. The van der Waals surface area contributed by atoms with Gasteiger partial charge < -0.3 is 5.32 Å². The van der Waals surface area contributed by atoms with Crippen LogP contribution in [0.15, 0.2) is 18.2 Å². The maximum absolute atomic E-state index is 12.1. The molecule has 0 aliphatic heterocycles. The van der Waals surface area contributed by atoms with Crippen LogP contribution in [0.4, 0.5) is 0 Å². The third-order valence-corrected chi connectivity index (χ3v) is 5.10. The van der Waals surface area contributed by atoms with Crippen molar-refractivity contribution in [2.45, 2.75) is 31.7 Å². The van der Waals surface area contributed by atoms with Gasteiger partial charge in [-0.25, -0.2) is 0 Å². The van der Waals surface area contributed by atoms with Crippen LogP contribution < -0.4 is 5.32 Å². The summed E-state index contributed by atoms with van der Waals surface area (Å²) in [6.07, 6.45) is 3.59. The van der Waals surface area contributed by atoms with Crippen LogP contribution in [0, 0.1) is 16.4 Å². The van der Waals surface area contributed by atoms with Crippen molar-refractivity contribution >= 4 is 28.5 Å². The molecule has 0 aromatic heterocycles. The van der Waals surface area contributed by atoms with Crippen LogP contribution >= 0.6 is 22.6 Å². The molecule has 0 unspecified atom stereocenters. The van der Waals surface area contributed by atoms with E-state index in [1.165, 1.54) is 19.3 Å². The Kier molecular flexibility index (Phi) is 2.28. The summed E-state index contributed by atoms with van der Waals surface area (Å²) < 4.78 is 1.16. The SMILES string of the molecule is Cc1c(I)cccc1C(=O)NC12CC(C1)C2. The van der Waals surface area contributed by atoms with Crippen LogP contribution in [0.2, 0.25) is 0 Å². The highest BCUT2D eigenvalue weighted by atomic mass is 127. The molecule has 1 aromatic rings. The van der Waals surface area contributed by atoms with Crippen LogP contribution in [0.25, 0.3) is 0 Å². The number of rotatable bonds is 2. The van der Waals surface area contributed by atoms with Gasteiger partial charge in [0.25, 0.3) is 5.91 Å². The fourth-order valence-corrected chi connectivity index (χ4v) is 3.29. The lowest BCUT2D eigenvalue weighted by Gasteiger charge is -2.61. The van der Waals surface area contributed by atoms with Crippen molar-refractivity contribution in [1.82, 2.24) is 5.32 Å². The quantitative estimate of drug-likeness (QED) is 0.832. The Balaban J connectivity index is 1.80. The highest BCUT2D eigenvalue weighted by molar-refractivity contribution is 14.1. The van der Waals surface area contributed by atoms with Crippen molar-refractivity contribution in [2.75, 3.05) is 0 Å². The van der Waals surface area contributed by atoms with Crippen LogP contribution in [0.1, 0.15) is 35.2 Å². The number of amides is 1. The summed E-state index contributed by atoms with van der Waals surface area (Å²) in [6, 6.07) is 5.90. The molecule has 3 aliphatic rings. The molecule has 4 rings (SSSR count). The molecule has 2 nitrogen and oxygen atoms in total. The number of carbonyl (C=O) groups is 1. The number of halogens is 1. The molecule has 16 heavy (non-hydrogen) atoms. The van der Waals surface area contributed by atoms with Crippen molar-refractivity contribution in [3.8, 4) is 0 Å². The molecule has 0 radical (unpaired) electrons. The average Bonchev–Trinajstić information content (AvgIpc) is 2.13. The number of hydrogen-bond acceptors (Lipinski definition) is 1. The molecule has 0 atom stereocenters. The van der Waals surface area contributed by atoms with Crippen molar-refractivity contribution in [1.29, 1.82) is 0 Å². The summed E-state index contributed by atoms with van der Waals surface area (Å²) in [4.78, 5) is 12.1. The van der Waals surface area contributed by atoms with Gasteiger partial charge in [0.05, 0.1) is 0 Å². The van der Waals surface area contributed by atoms with E-state index in [1.807, 2.05) is 25.1 Å². The number of nitrogens with one attached hydrogen (secondary N) is 1. The Morgan fingerprint density at radius 2 is 2.12 bits per heavy atom. The van der Waals surface area contributed by atoms with E-state index in [-0.39, 0.29) is 11.4 Å². The molecule has 1 aromatic carbocycles. The van der Waals surface area contributed by atoms with E-state index < -0.39 is 0 Å². The summed E-state index contributed by atoms with van der Waals surface area (Å²) in [5, 5.41) is 3.20. The van der Waals surface area contributed by atoms with E-state index in [4.69, 9.17) is 0 Å². The largest absolute Gasteiger partial charge is 0.347 e. The molecule has 0 spiro atoms. The Morgan fingerprint density at radius 3 is 2.69 bits per heavy atom. The van der Waals surface area contributed by atoms with E-state index in [9.17, 15) is 4.79 Å². The number of hydrogen-bond donors (Lipinski definition) is 1. The van der Waals surface area contributed by atoms with E-state index in [2.05, 4.69) is 27.9 Å². The lowest BCUT2D eigenvalue weighted by molar-refractivity contribution is -0.0438. The normalized spacial score (nSPS) is 30.2. The van der Waals surface area contributed by atoms with Gasteiger partial charge in [-0.15, -0.1) is 0 Å². The van der Waals surface area contributed by atoms with Gasteiger partial charge in [0, 0.05) is 14.7 Å². The standard InChI is InChI=1S/C13H14INO/c1-8-10(3-2-4-11(8)14)12(16)15-13-5-9(6-13)7-13/h2-4,9H,5-7H2,1H3,(H,15,16). The molecular formula is C13H14INO. The Morgan fingerprint density at radius 1 is 1.44 bits per heavy atom. The molecule has 3 heteroatoms. The fraction of sp³-hybridized carbons (Fsp3) is 0.462. The Labute approximate surface area is 109 Å². The van der Waals surface area contributed by atoms with Crippen LogP contribution in [-0.2, 0) is 0 Å². The molecule has 3 saturated carbocycles. The van der Waals surface area contributed by atoms with Crippen molar-refractivity contribution in [2.24, 2.45) is 5.92 Å². The lowest BCUT2D eigenvalue weighted by atomic mass is 9.50. The minimum absolute atomic E-state index is 0.106. The topological polar surface area (TPSA) is 29.1 Å². The molecule has 3 aliphatic carbocycles. The van der Waals surface area contributed by atoms with Crippen molar-refractivity contribution in [3.05, 3.63) is 32.9 Å². The summed E-state index contributed by atoms with van der Waals surface area (Å²) in [5.41, 5.74) is 2.10. The van der Waals surface area contributed by atoms with E-state index in [0.29, 0.717) is 0 Å². The third kappa shape index (κ3) is 1.48. The molecule has 0 heterocycles. The molecule has 1 N–H and O–H groups in total. The number of benzene rings is 1. The second-order valence-corrected chi connectivity index (χ2v) is 6.29. The Bertz CT molecular complexity index is 452. The minimum atomic E-state index is 0.106. The third-order valence-electron chi connectivity index (χ3n) is 3.93. The zero-order valence-electron chi connectivity index (χ0n) is 9.22. The maximum atomic E-state index is 12.1.